The molecular weight excluding hydrogens is 306 g/mol. The first-order chi connectivity index (χ1) is 11.7. The number of hydrogen-bond donors (Lipinski definition) is 1. The van der Waals surface area contributed by atoms with Crippen molar-refractivity contribution in [3.05, 3.63) is 48.0 Å². The maximum Gasteiger partial charge on any atom is 0.224 e. The van der Waals surface area contributed by atoms with Crippen LogP contribution < -0.4 is 19.5 Å². The number of amides is 1. The molecule has 1 amide bonds. The average molecular weight is 327 g/mol. The summed E-state index contributed by atoms with van der Waals surface area (Å²) < 4.78 is 16.4. The van der Waals surface area contributed by atoms with Gasteiger partial charge < -0.3 is 19.5 Å². The highest BCUT2D eigenvalue weighted by atomic mass is 16.6. The molecule has 0 spiro atoms. The van der Waals surface area contributed by atoms with Crippen LogP contribution in [0.4, 0.5) is 5.69 Å². The van der Waals surface area contributed by atoms with E-state index in [1.54, 1.807) is 6.07 Å². The van der Waals surface area contributed by atoms with Crippen LogP contribution in [-0.4, -0.2) is 25.7 Å². The van der Waals surface area contributed by atoms with Gasteiger partial charge in [-0.05, 0) is 43.2 Å². The lowest BCUT2D eigenvalue weighted by atomic mass is 10.1. The molecule has 0 bridgehead atoms. The molecule has 0 radical (unpaired) electrons. The van der Waals surface area contributed by atoms with Crippen LogP contribution in [0.5, 0.6) is 17.2 Å². The van der Waals surface area contributed by atoms with Gasteiger partial charge in [0.25, 0.3) is 0 Å². The second-order valence-corrected chi connectivity index (χ2v) is 5.48. The predicted octanol–water partition coefficient (Wildman–Crippen LogP) is 3.43. The molecular formula is C19H21NO4. The van der Waals surface area contributed by atoms with Crippen LogP contribution in [0.25, 0.3) is 0 Å². The van der Waals surface area contributed by atoms with E-state index in [0.29, 0.717) is 44.2 Å². The van der Waals surface area contributed by atoms with Crippen molar-refractivity contribution in [2.75, 3.05) is 25.1 Å². The Hall–Kier alpha value is -2.69. The van der Waals surface area contributed by atoms with Gasteiger partial charge in [0, 0.05) is 18.2 Å². The van der Waals surface area contributed by atoms with Crippen molar-refractivity contribution in [1.82, 2.24) is 0 Å². The third-order valence-electron chi connectivity index (χ3n) is 3.70. The van der Waals surface area contributed by atoms with E-state index in [-0.39, 0.29) is 5.91 Å². The van der Waals surface area contributed by atoms with Gasteiger partial charge in [-0.1, -0.05) is 12.1 Å². The van der Waals surface area contributed by atoms with Crippen LogP contribution in [0.1, 0.15) is 18.9 Å². The lowest BCUT2D eigenvalue weighted by molar-refractivity contribution is -0.116. The predicted molar refractivity (Wildman–Crippen MR) is 92.0 cm³/mol. The summed E-state index contributed by atoms with van der Waals surface area (Å²) in [4.78, 5) is 12.1. The maximum absolute atomic E-state index is 12.1. The topological polar surface area (TPSA) is 56.8 Å². The third kappa shape index (κ3) is 4.19. The van der Waals surface area contributed by atoms with Crippen LogP contribution in [0.3, 0.4) is 0 Å². The second kappa shape index (κ2) is 7.73. The zero-order valence-electron chi connectivity index (χ0n) is 13.7. The molecule has 1 N–H and O–H groups in total. The summed E-state index contributed by atoms with van der Waals surface area (Å²) in [5.74, 6) is 2.21. The molecule has 0 aliphatic carbocycles. The number of carbonyl (C=O) groups excluding carboxylic acids is 1. The molecule has 0 aromatic heterocycles. The van der Waals surface area contributed by atoms with Crippen LogP contribution in [-0.2, 0) is 11.2 Å². The average Bonchev–Trinajstić information content (AvgIpc) is 2.61. The Morgan fingerprint density at radius 3 is 2.58 bits per heavy atom. The number of anilines is 1. The number of hydrogen-bond acceptors (Lipinski definition) is 4. The van der Waals surface area contributed by atoms with E-state index in [2.05, 4.69) is 5.32 Å². The first kappa shape index (κ1) is 16.2. The standard InChI is InChI=1S/C19H21NO4/c1-2-22-16-7-3-14(4-8-16)5-10-19(21)20-15-6-9-17-18(13-15)24-12-11-23-17/h3-4,6-9,13H,2,5,10-12H2,1H3,(H,20,21). The number of fused-ring (bicyclic) bond motifs is 1. The third-order valence-corrected chi connectivity index (χ3v) is 3.70. The Morgan fingerprint density at radius 2 is 1.83 bits per heavy atom. The molecule has 1 heterocycles. The van der Waals surface area contributed by atoms with Crippen molar-refractivity contribution < 1.29 is 19.0 Å². The summed E-state index contributed by atoms with van der Waals surface area (Å²) in [6, 6.07) is 13.3. The van der Waals surface area contributed by atoms with Crippen LogP contribution >= 0.6 is 0 Å². The highest BCUT2D eigenvalue weighted by Gasteiger charge is 2.12. The minimum atomic E-state index is -0.0273. The van der Waals surface area contributed by atoms with E-state index in [1.165, 1.54) is 0 Å². The van der Waals surface area contributed by atoms with E-state index in [9.17, 15) is 4.79 Å². The summed E-state index contributed by atoms with van der Waals surface area (Å²) in [6.07, 6.45) is 1.10. The molecule has 0 saturated heterocycles. The molecule has 1 aliphatic rings. The van der Waals surface area contributed by atoms with Crippen molar-refractivity contribution in [3.8, 4) is 17.2 Å². The molecule has 5 heteroatoms. The van der Waals surface area contributed by atoms with E-state index >= 15 is 0 Å². The lowest BCUT2D eigenvalue weighted by Gasteiger charge is -2.19. The Bertz CT molecular complexity index is 697. The van der Waals surface area contributed by atoms with E-state index in [4.69, 9.17) is 14.2 Å². The number of rotatable bonds is 6. The highest BCUT2D eigenvalue weighted by Crippen LogP contribution is 2.32. The Kier molecular flexibility index (Phi) is 5.21. The van der Waals surface area contributed by atoms with Crippen LogP contribution in [0.2, 0.25) is 0 Å². The summed E-state index contributed by atoms with van der Waals surface area (Å²) in [5.41, 5.74) is 1.83. The van der Waals surface area contributed by atoms with Gasteiger partial charge in [0.15, 0.2) is 11.5 Å². The number of benzene rings is 2. The molecule has 5 nitrogen and oxygen atoms in total. The van der Waals surface area contributed by atoms with Gasteiger partial charge in [0.2, 0.25) is 5.91 Å². The maximum atomic E-state index is 12.1. The fourth-order valence-corrected chi connectivity index (χ4v) is 2.52. The molecule has 2 aromatic carbocycles. The minimum absolute atomic E-state index is 0.0273. The first-order valence-electron chi connectivity index (χ1n) is 8.16. The van der Waals surface area contributed by atoms with Crippen molar-refractivity contribution >= 4 is 11.6 Å². The quantitative estimate of drug-likeness (QED) is 0.883. The van der Waals surface area contributed by atoms with E-state index < -0.39 is 0 Å². The Labute approximate surface area is 141 Å². The van der Waals surface area contributed by atoms with Gasteiger partial charge in [-0.2, -0.15) is 0 Å². The molecule has 1 aliphatic heterocycles. The summed E-state index contributed by atoms with van der Waals surface area (Å²) in [6.45, 7) is 3.69. The van der Waals surface area contributed by atoms with Crippen LogP contribution in [0.15, 0.2) is 42.5 Å². The van der Waals surface area contributed by atoms with E-state index in [0.717, 1.165) is 17.0 Å². The number of ether oxygens (including phenoxy) is 3. The number of nitrogens with one attached hydrogen (secondary N) is 1. The summed E-state index contributed by atoms with van der Waals surface area (Å²) in [7, 11) is 0. The molecule has 0 saturated carbocycles. The fraction of sp³-hybridized carbons (Fsp3) is 0.316. The van der Waals surface area contributed by atoms with Crippen molar-refractivity contribution in [3.63, 3.8) is 0 Å². The summed E-state index contributed by atoms with van der Waals surface area (Å²) in [5, 5.41) is 2.89. The van der Waals surface area contributed by atoms with Gasteiger partial charge in [0.05, 0.1) is 6.61 Å². The zero-order chi connectivity index (χ0) is 16.8. The molecule has 0 fully saturated rings. The minimum Gasteiger partial charge on any atom is -0.494 e. The van der Waals surface area contributed by atoms with Crippen molar-refractivity contribution in [2.24, 2.45) is 0 Å². The second-order valence-electron chi connectivity index (χ2n) is 5.48. The molecule has 24 heavy (non-hydrogen) atoms. The van der Waals surface area contributed by atoms with Crippen molar-refractivity contribution in [1.29, 1.82) is 0 Å². The number of aryl methyl sites for hydroxylation is 1. The van der Waals surface area contributed by atoms with Crippen LogP contribution in [0, 0.1) is 0 Å². The SMILES string of the molecule is CCOc1ccc(CCC(=O)Nc2ccc3c(c2)OCCO3)cc1. The Morgan fingerprint density at radius 1 is 1.08 bits per heavy atom. The zero-order valence-corrected chi connectivity index (χ0v) is 13.7. The van der Waals surface area contributed by atoms with Gasteiger partial charge >= 0.3 is 0 Å². The van der Waals surface area contributed by atoms with Gasteiger partial charge in [-0.25, -0.2) is 0 Å². The normalized spacial score (nSPS) is 12.5. The van der Waals surface area contributed by atoms with Gasteiger partial charge in [0.1, 0.15) is 19.0 Å². The fourth-order valence-electron chi connectivity index (χ4n) is 2.52. The monoisotopic (exact) mass is 327 g/mol. The summed E-state index contributed by atoms with van der Waals surface area (Å²) >= 11 is 0. The molecule has 0 unspecified atom stereocenters. The number of carbonyl (C=O) groups is 1. The van der Waals surface area contributed by atoms with E-state index in [1.807, 2.05) is 43.3 Å². The lowest BCUT2D eigenvalue weighted by Crippen LogP contribution is -2.16. The van der Waals surface area contributed by atoms with Gasteiger partial charge in [-0.15, -0.1) is 0 Å². The molecule has 0 atom stereocenters. The largest absolute Gasteiger partial charge is 0.494 e. The highest BCUT2D eigenvalue weighted by molar-refractivity contribution is 5.91. The van der Waals surface area contributed by atoms with Gasteiger partial charge in [-0.3, -0.25) is 4.79 Å². The molecule has 3 rings (SSSR count). The molecule has 2 aromatic rings. The molecule has 126 valence electrons. The smallest absolute Gasteiger partial charge is 0.224 e. The Balaban J connectivity index is 1.52. The van der Waals surface area contributed by atoms with Crippen molar-refractivity contribution in [2.45, 2.75) is 19.8 Å². The first-order valence-corrected chi connectivity index (χ1v) is 8.16.